The van der Waals surface area contributed by atoms with Gasteiger partial charge in [-0.1, -0.05) is 0 Å². The van der Waals surface area contributed by atoms with Crippen molar-refractivity contribution in [3.05, 3.63) is 0 Å². The molecule has 0 spiro atoms. The second kappa shape index (κ2) is 400. The van der Waals surface area contributed by atoms with Gasteiger partial charge in [-0.25, -0.2) is 0 Å². The van der Waals surface area contributed by atoms with Crippen LogP contribution in [0.5, 0.6) is 0 Å². The van der Waals surface area contributed by atoms with Gasteiger partial charge >= 0.3 is 0 Å². The standard InChI is InChI=1S/4CH4O2.5Cu.7H2O/c4*2-1-3;;;;;;;;;;;;/h4*2-3H,1H2;;;;;;7*1H2/p+4. The number of rotatable bonds is 0. The minimum Gasteiger partial charge on any atom is -0.457 e. The number of hydrogen-bond donors (Lipinski definition) is 8. The second-order valence-electron chi connectivity index (χ2n) is 0.566. The fourth-order valence-corrected chi connectivity index (χ4v) is 0. The van der Waals surface area contributed by atoms with Gasteiger partial charge in [-0.3, -0.25) is 0 Å². The van der Waals surface area contributed by atoms with Crippen molar-refractivity contribution >= 4 is 0 Å². The van der Waals surface area contributed by atoms with Gasteiger partial charge in [0.1, 0.15) is 27.2 Å². The van der Waals surface area contributed by atoms with E-state index in [9.17, 15) is 0 Å². The monoisotopic (exact) mass is 637 g/mol. The quantitative estimate of drug-likeness (QED) is 0.0712. The predicted molar refractivity (Wildman–Crippen MR) is 67.5 cm³/mol. The molecule has 0 aliphatic carbocycles. The molecule has 26 N–H and O–H groups in total. The SMILES string of the molecule is O.O.O.OCO.OCO.OCO.OCO.[Cu].[Cu].[Cu].[Cu].[Cu].[OH3+].[OH3+].[OH3+].[OH3+]. The van der Waals surface area contributed by atoms with Crippen LogP contribution in [-0.2, 0) is 107 Å². The Hall–Kier alpha value is 2.00. The third-order valence-electron chi connectivity index (χ3n) is 0. The number of aliphatic hydroxyl groups excluding tert-OH is 4. The molecule has 0 bridgehead atoms. The molecule has 0 unspecified atom stereocenters. The molecule has 24 heavy (non-hydrogen) atoms. The van der Waals surface area contributed by atoms with Gasteiger partial charge in [0.05, 0.1) is 0 Å². The van der Waals surface area contributed by atoms with Crippen molar-refractivity contribution in [2.45, 2.75) is 0 Å². The molecule has 5 radical (unpaired) electrons. The molecule has 0 aromatic heterocycles. The van der Waals surface area contributed by atoms with E-state index in [-0.39, 0.29) is 124 Å². The van der Waals surface area contributed by atoms with Crippen LogP contribution in [-0.4, -0.2) is 84.5 Å². The van der Waals surface area contributed by atoms with Gasteiger partial charge in [-0.05, 0) is 0 Å². The van der Waals surface area contributed by atoms with Gasteiger partial charge in [0.2, 0.25) is 0 Å². The van der Waals surface area contributed by atoms with Crippen molar-refractivity contribution in [3.8, 4) is 0 Å². The van der Waals surface area contributed by atoms with Crippen LogP contribution in [0.3, 0.4) is 0 Å². The zero-order valence-corrected chi connectivity index (χ0v) is 16.4. The van der Waals surface area contributed by atoms with Crippen LogP contribution in [0.2, 0.25) is 0 Å². The maximum Gasteiger partial charge on any atom is 0.140 e. The molecular weight excluding hydrogens is 606 g/mol. The average Bonchev–Trinajstić information content (AvgIpc) is 1.92. The molecule has 0 heterocycles. The van der Waals surface area contributed by atoms with Crippen molar-refractivity contribution in [3.63, 3.8) is 0 Å². The smallest absolute Gasteiger partial charge is 0.140 e. The molecule has 0 saturated carbocycles. The van der Waals surface area contributed by atoms with Gasteiger partial charge in [-0.2, -0.15) is 0 Å². The molecular formula is C4H34Cu5O15+4. The van der Waals surface area contributed by atoms with Crippen molar-refractivity contribution in [2.24, 2.45) is 0 Å². The van der Waals surface area contributed by atoms with Gasteiger partial charge in [0.25, 0.3) is 0 Å². The van der Waals surface area contributed by atoms with Gasteiger partial charge in [0.15, 0.2) is 0 Å². The summed E-state index contributed by atoms with van der Waals surface area (Å²) in [5.41, 5.74) is 0. The minimum atomic E-state index is -0.750. The van der Waals surface area contributed by atoms with E-state index in [0.29, 0.717) is 0 Å². The van der Waals surface area contributed by atoms with Crippen LogP contribution in [0.25, 0.3) is 0 Å². The Morgan fingerprint density at radius 3 is 0.292 bits per heavy atom. The van der Waals surface area contributed by atoms with Crippen molar-refractivity contribution in [2.75, 3.05) is 27.2 Å². The molecule has 0 aromatic carbocycles. The van der Waals surface area contributed by atoms with Crippen LogP contribution in [0.15, 0.2) is 0 Å². The van der Waals surface area contributed by atoms with Crippen LogP contribution in [0.4, 0.5) is 0 Å². The fraction of sp³-hybridized carbons (Fsp3) is 1.00. The summed E-state index contributed by atoms with van der Waals surface area (Å²) in [7, 11) is 0. The number of aliphatic hydroxyl groups is 8. The van der Waals surface area contributed by atoms with E-state index in [1.165, 1.54) is 0 Å². The molecule has 15 nitrogen and oxygen atoms in total. The van der Waals surface area contributed by atoms with E-state index >= 15 is 0 Å². The summed E-state index contributed by atoms with van der Waals surface area (Å²) >= 11 is 0. The van der Waals surface area contributed by atoms with Crippen molar-refractivity contribution in [1.29, 1.82) is 0 Å². The molecule has 191 valence electrons. The van der Waals surface area contributed by atoms with Crippen LogP contribution in [0.1, 0.15) is 0 Å². The average molecular weight is 640 g/mol. The molecule has 0 rings (SSSR count). The topological polar surface area (TPSA) is 388 Å². The fourth-order valence-electron chi connectivity index (χ4n) is 0. The van der Waals surface area contributed by atoms with Crippen LogP contribution in [0, 0.1) is 0 Å². The maximum absolute atomic E-state index is 7.12. The van der Waals surface area contributed by atoms with E-state index in [2.05, 4.69) is 0 Å². The first-order valence-corrected chi connectivity index (χ1v) is 2.53. The van der Waals surface area contributed by atoms with E-state index in [1.54, 1.807) is 0 Å². The number of hydrogen-bond acceptors (Lipinski definition) is 8. The molecule has 0 atom stereocenters. The Balaban J connectivity index is -0.00000000218. The Kier molecular flexibility index (Phi) is 2710. The Morgan fingerprint density at radius 1 is 0.292 bits per heavy atom. The molecule has 0 amide bonds. The summed E-state index contributed by atoms with van der Waals surface area (Å²) in [4.78, 5) is 0. The molecule has 0 aliphatic rings. The normalized spacial score (nSPS) is 3.00. The van der Waals surface area contributed by atoms with Crippen molar-refractivity contribution in [1.82, 2.24) is 0 Å². The zero-order chi connectivity index (χ0) is 10.8. The van der Waals surface area contributed by atoms with E-state index in [0.717, 1.165) is 0 Å². The molecule has 0 fully saturated rings. The van der Waals surface area contributed by atoms with Crippen molar-refractivity contribution < 1.29 is 165 Å². The summed E-state index contributed by atoms with van der Waals surface area (Å²) in [5.74, 6) is 0. The van der Waals surface area contributed by atoms with Gasteiger partial charge < -0.3 is 79.2 Å². The first-order chi connectivity index (χ1) is 5.66. The van der Waals surface area contributed by atoms with E-state index in [1.807, 2.05) is 0 Å². The Bertz CT molecular complexity index is 39.8. The molecule has 0 saturated heterocycles. The Morgan fingerprint density at radius 2 is 0.292 bits per heavy atom. The Labute approximate surface area is 191 Å². The van der Waals surface area contributed by atoms with E-state index in [4.69, 9.17) is 40.9 Å². The maximum atomic E-state index is 7.12. The first-order valence-electron chi connectivity index (χ1n) is 2.53. The third kappa shape index (κ3) is 3180. The van der Waals surface area contributed by atoms with Gasteiger partial charge in [-0.15, -0.1) is 0 Å². The van der Waals surface area contributed by atoms with E-state index < -0.39 is 27.2 Å². The first kappa shape index (κ1) is 163. The summed E-state index contributed by atoms with van der Waals surface area (Å²) < 4.78 is 0. The van der Waals surface area contributed by atoms with Crippen LogP contribution < -0.4 is 0 Å². The summed E-state index contributed by atoms with van der Waals surface area (Å²) in [6.07, 6.45) is 0. The summed E-state index contributed by atoms with van der Waals surface area (Å²) in [5, 5.41) is 57.0. The van der Waals surface area contributed by atoms with Gasteiger partial charge in [0, 0.05) is 85.3 Å². The second-order valence-corrected chi connectivity index (χ2v) is 0.566. The summed E-state index contributed by atoms with van der Waals surface area (Å²) in [6, 6.07) is 0. The summed E-state index contributed by atoms with van der Waals surface area (Å²) in [6.45, 7) is -3.00. The molecule has 0 aromatic rings. The largest absolute Gasteiger partial charge is 0.457 e. The molecule has 20 heteroatoms. The predicted octanol–water partition coefficient (Wildman–Crippen LogP) is -10.5. The van der Waals surface area contributed by atoms with Crippen LogP contribution >= 0.6 is 0 Å². The third-order valence-corrected chi connectivity index (χ3v) is 0. The minimum absolute atomic E-state index is 0. The molecule has 0 aliphatic heterocycles. The zero-order valence-electron chi connectivity index (χ0n) is 11.7.